The van der Waals surface area contributed by atoms with Crippen LogP contribution in [-0.4, -0.2) is 64.5 Å². The molecule has 4 atom stereocenters. The molecular weight excluding hydrogens is 308 g/mol. The molecule has 2 rings (SSSR count). The van der Waals surface area contributed by atoms with E-state index in [-0.39, 0.29) is 6.61 Å². The number of aromatic nitrogens is 2. The van der Waals surface area contributed by atoms with Crippen molar-refractivity contribution in [3.05, 3.63) is 32.6 Å². The fraction of sp³-hybridized carbons (Fsp3) is 0.714. The monoisotopic (exact) mass is 330 g/mol. The van der Waals surface area contributed by atoms with Crippen LogP contribution in [-0.2, 0) is 14.2 Å². The highest BCUT2D eigenvalue weighted by Crippen LogP contribution is 2.30. The number of ether oxygens (including phenoxy) is 3. The molecule has 23 heavy (non-hydrogen) atoms. The largest absolute Gasteiger partial charge is 0.394 e. The number of H-pyrrole nitrogens is 1. The predicted octanol–water partition coefficient (Wildman–Crippen LogP) is -1.48. The number of nitrogens with zero attached hydrogens (tertiary/aromatic N) is 1. The molecule has 0 saturated carbocycles. The first kappa shape index (κ1) is 17.8. The summed E-state index contributed by atoms with van der Waals surface area (Å²) in [4.78, 5) is 25.7. The summed E-state index contributed by atoms with van der Waals surface area (Å²) in [5.74, 6) is 0. The summed E-state index contributed by atoms with van der Waals surface area (Å²) in [7, 11) is 0. The minimum absolute atomic E-state index is 0.199. The van der Waals surface area contributed by atoms with Crippen molar-refractivity contribution in [3.63, 3.8) is 0 Å². The molecule has 1 aromatic heterocycles. The molecule has 0 unspecified atom stereocenters. The fourth-order valence-electron chi connectivity index (χ4n) is 2.44. The van der Waals surface area contributed by atoms with Crippen LogP contribution in [0.4, 0.5) is 0 Å². The standard InChI is InChI=1S/C14H22N2O7/c1-3-21-4-5-22-11-10(18)9(7-17)23-13(11)16-6-8(2)12(19)15-14(16)20/h6,9-11,13,17-18H,3-5,7H2,1-2H3,(H,15,19,20)/t9-,10-,11-,13-/m1/s1. The summed E-state index contributed by atoms with van der Waals surface area (Å²) in [6.07, 6.45) is -2.46. The number of hydrogen-bond donors (Lipinski definition) is 3. The number of aliphatic hydroxyl groups excluding tert-OH is 2. The average Bonchev–Trinajstić information content (AvgIpc) is 2.83. The second-order valence-electron chi connectivity index (χ2n) is 5.25. The van der Waals surface area contributed by atoms with Gasteiger partial charge in [-0.15, -0.1) is 0 Å². The zero-order valence-corrected chi connectivity index (χ0v) is 13.1. The highest BCUT2D eigenvalue weighted by molar-refractivity contribution is 5.03. The summed E-state index contributed by atoms with van der Waals surface area (Å²) in [6.45, 7) is 4.05. The van der Waals surface area contributed by atoms with Gasteiger partial charge < -0.3 is 24.4 Å². The Bertz CT molecular complexity index is 626. The van der Waals surface area contributed by atoms with Gasteiger partial charge in [0.25, 0.3) is 5.56 Å². The lowest BCUT2D eigenvalue weighted by molar-refractivity contribution is -0.0839. The first-order valence-electron chi connectivity index (χ1n) is 7.45. The molecule has 0 bridgehead atoms. The number of hydrogen-bond acceptors (Lipinski definition) is 7. The first-order valence-corrected chi connectivity index (χ1v) is 7.45. The zero-order valence-electron chi connectivity index (χ0n) is 13.1. The Morgan fingerprint density at radius 1 is 1.39 bits per heavy atom. The lowest BCUT2D eigenvalue weighted by Crippen LogP contribution is -2.40. The third-order valence-corrected chi connectivity index (χ3v) is 3.65. The van der Waals surface area contributed by atoms with Crippen LogP contribution in [0.25, 0.3) is 0 Å². The van der Waals surface area contributed by atoms with E-state index in [9.17, 15) is 19.8 Å². The quantitative estimate of drug-likeness (QED) is 0.521. The molecule has 1 saturated heterocycles. The molecule has 1 aliphatic rings. The van der Waals surface area contributed by atoms with Crippen LogP contribution in [0.3, 0.4) is 0 Å². The van der Waals surface area contributed by atoms with Crippen molar-refractivity contribution in [2.24, 2.45) is 0 Å². The van der Waals surface area contributed by atoms with E-state index in [0.29, 0.717) is 18.8 Å². The Balaban J connectivity index is 2.24. The SMILES string of the molecule is CCOCCO[C@@H]1[C@H](O)[C@@H](CO)O[C@H]1n1cc(C)c(=O)[nH]c1=O. The number of aromatic amines is 1. The Hall–Kier alpha value is -1.52. The van der Waals surface area contributed by atoms with Gasteiger partial charge in [0.05, 0.1) is 19.8 Å². The van der Waals surface area contributed by atoms with Gasteiger partial charge in [0.2, 0.25) is 0 Å². The van der Waals surface area contributed by atoms with Gasteiger partial charge in [0.1, 0.15) is 18.3 Å². The number of rotatable bonds is 7. The summed E-state index contributed by atoms with van der Waals surface area (Å²) in [6, 6.07) is 0. The lowest BCUT2D eigenvalue weighted by Gasteiger charge is -2.22. The van der Waals surface area contributed by atoms with Gasteiger partial charge in [-0.05, 0) is 13.8 Å². The lowest BCUT2D eigenvalue weighted by atomic mass is 10.1. The minimum atomic E-state index is -1.11. The van der Waals surface area contributed by atoms with E-state index < -0.39 is 42.4 Å². The molecule has 9 heteroatoms. The average molecular weight is 330 g/mol. The Labute approximate surface area is 132 Å². The third kappa shape index (κ3) is 3.88. The van der Waals surface area contributed by atoms with Gasteiger partial charge in [-0.1, -0.05) is 0 Å². The van der Waals surface area contributed by atoms with E-state index in [4.69, 9.17) is 14.2 Å². The minimum Gasteiger partial charge on any atom is -0.394 e. The normalized spacial score (nSPS) is 27.5. The Kier molecular flexibility index (Phi) is 6.08. The van der Waals surface area contributed by atoms with Crippen LogP contribution in [0, 0.1) is 6.92 Å². The molecule has 0 aliphatic carbocycles. The second-order valence-corrected chi connectivity index (χ2v) is 5.25. The van der Waals surface area contributed by atoms with Gasteiger partial charge in [-0.25, -0.2) is 4.79 Å². The fourth-order valence-corrected chi connectivity index (χ4v) is 2.44. The first-order chi connectivity index (χ1) is 11.0. The van der Waals surface area contributed by atoms with E-state index in [1.54, 1.807) is 6.92 Å². The molecule has 0 spiro atoms. The van der Waals surface area contributed by atoms with E-state index >= 15 is 0 Å². The predicted molar refractivity (Wildman–Crippen MR) is 79.3 cm³/mol. The van der Waals surface area contributed by atoms with Crippen LogP contribution < -0.4 is 11.2 Å². The number of nitrogens with one attached hydrogen (secondary N) is 1. The van der Waals surface area contributed by atoms with Crippen molar-refractivity contribution < 1.29 is 24.4 Å². The van der Waals surface area contributed by atoms with Gasteiger partial charge >= 0.3 is 5.69 Å². The number of aliphatic hydroxyl groups is 2. The summed E-state index contributed by atoms with van der Waals surface area (Å²) < 4.78 is 17.4. The van der Waals surface area contributed by atoms with Gasteiger partial charge in [-0.3, -0.25) is 14.3 Å². The van der Waals surface area contributed by atoms with Crippen LogP contribution >= 0.6 is 0 Å². The van der Waals surface area contributed by atoms with E-state index in [0.717, 1.165) is 4.57 Å². The number of aryl methyl sites for hydroxylation is 1. The maximum Gasteiger partial charge on any atom is 0.330 e. The molecule has 0 aromatic carbocycles. The van der Waals surface area contributed by atoms with Crippen molar-refractivity contribution in [1.29, 1.82) is 0 Å². The Morgan fingerprint density at radius 3 is 2.78 bits per heavy atom. The maximum absolute atomic E-state index is 12.0. The highest BCUT2D eigenvalue weighted by atomic mass is 16.6. The maximum atomic E-state index is 12.0. The molecule has 2 heterocycles. The molecule has 1 aromatic rings. The van der Waals surface area contributed by atoms with Crippen LogP contribution in [0.1, 0.15) is 18.7 Å². The van der Waals surface area contributed by atoms with E-state index in [1.165, 1.54) is 6.20 Å². The molecule has 1 fully saturated rings. The summed E-state index contributed by atoms with van der Waals surface area (Å²) in [5.41, 5.74) is -0.838. The molecule has 0 radical (unpaired) electrons. The zero-order chi connectivity index (χ0) is 17.0. The van der Waals surface area contributed by atoms with Gasteiger partial charge in [0, 0.05) is 18.4 Å². The van der Waals surface area contributed by atoms with Crippen molar-refractivity contribution >= 4 is 0 Å². The molecule has 3 N–H and O–H groups in total. The third-order valence-electron chi connectivity index (χ3n) is 3.65. The van der Waals surface area contributed by atoms with Crippen LogP contribution in [0.2, 0.25) is 0 Å². The van der Waals surface area contributed by atoms with Crippen LogP contribution in [0.15, 0.2) is 15.8 Å². The Morgan fingerprint density at radius 2 is 2.13 bits per heavy atom. The van der Waals surface area contributed by atoms with Gasteiger partial charge in [-0.2, -0.15) is 0 Å². The summed E-state index contributed by atoms with van der Waals surface area (Å²) in [5, 5.41) is 19.5. The van der Waals surface area contributed by atoms with Crippen molar-refractivity contribution in [2.45, 2.75) is 38.4 Å². The van der Waals surface area contributed by atoms with E-state index in [2.05, 4.69) is 4.98 Å². The van der Waals surface area contributed by atoms with Gasteiger partial charge in [0.15, 0.2) is 6.23 Å². The highest BCUT2D eigenvalue weighted by Gasteiger charge is 2.45. The molecule has 130 valence electrons. The molecular formula is C14H22N2O7. The topological polar surface area (TPSA) is 123 Å². The van der Waals surface area contributed by atoms with Crippen molar-refractivity contribution in [1.82, 2.24) is 9.55 Å². The summed E-state index contributed by atoms with van der Waals surface area (Å²) >= 11 is 0. The van der Waals surface area contributed by atoms with Crippen molar-refractivity contribution in [3.8, 4) is 0 Å². The molecule has 0 amide bonds. The second kappa shape index (κ2) is 7.84. The smallest absolute Gasteiger partial charge is 0.330 e. The molecule has 1 aliphatic heterocycles. The van der Waals surface area contributed by atoms with Crippen molar-refractivity contribution in [2.75, 3.05) is 26.4 Å². The van der Waals surface area contributed by atoms with E-state index in [1.807, 2.05) is 6.92 Å². The van der Waals surface area contributed by atoms with Crippen LogP contribution in [0.5, 0.6) is 0 Å². The molecule has 9 nitrogen and oxygen atoms in total.